The Kier molecular flexibility index (Phi) is 7.01. The first-order valence-corrected chi connectivity index (χ1v) is 13.8. The van der Waals surface area contributed by atoms with Crippen molar-refractivity contribution in [1.29, 1.82) is 0 Å². The van der Waals surface area contributed by atoms with E-state index in [1.165, 1.54) is 13.2 Å². The number of nitrogens with two attached hydrogens (primary N) is 1. The van der Waals surface area contributed by atoms with Crippen LogP contribution in [0.5, 0.6) is 11.5 Å². The minimum atomic E-state index is -2.90. The second-order valence-electron chi connectivity index (χ2n) is 12.2. The van der Waals surface area contributed by atoms with E-state index in [0.717, 1.165) is 19.4 Å². The van der Waals surface area contributed by atoms with Gasteiger partial charge in [0.25, 0.3) is 5.91 Å². The average molecular weight is 586 g/mol. The highest BCUT2D eigenvalue weighted by Crippen LogP contribution is 2.53. The number of carbonyl (C=O) groups is 4. The molecule has 1 fully saturated rings. The lowest BCUT2D eigenvalue weighted by atomic mass is 9.58. The van der Waals surface area contributed by atoms with Gasteiger partial charge in [0.15, 0.2) is 11.4 Å². The van der Waals surface area contributed by atoms with E-state index in [0.29, 0.717) is 16.9 Å². The monoisotopic (exact) mass is 585 g/mol. The molecule has 0 aromatic heterocycles. The molecule has 13 heteroatoms. The number of aliphatic hydroxyl groups excluding tert-OH is 2. The number of primary amides is 1. The van der Waals surface area contributed by atoms with Gasteiger partial charge in [0.05, 0.1) is 18.7 Å². The van der Waals surface area contributed by atoms with Crippen molar-refractivity contribution in [3.63, 3.8) is 0 Å². The fourth-order valence-corrected chi connectivity index (χ4v) is 6.80. The third kappa shape index (κ3) is 4.38. The van der Waals surface area contributed by atoms with Crippen LogP contribution >= 0.6 is 0 Å². The lowest BCUT2D eigenvalue weighted by Gasteiger charge is -2.48. The molecule has 13 nitrogen and oxygen atoms in total. The van der Waals surface area contributed by atoms with Crippen molar-refractivity contribution >= 4 is 23.6 Å². The predicted molar refractivity (Wildman–Crippen MR) is 146 cm³/mol. The zero-order chi connectivity index (χ0) is 30.9. The number of fused-ring (bicyclic) bond motifs is 3. The third-order valence-corrected chi connectivity index (χ3v) is 8.49. The molecule has 5 rings (SSSR count). The SMILES string of the molecule is COc1c([C@@H]2CCCN2)cc(O)c2c1C[C@H]1C[C@H]3[C@H](NC(=O)OC(C)(C)C)C(O)=C(C(N)=O)C(=O)[C@@]3(O)C(O)=C1C2=O. The van der Waals surface area contributed by atoms with Crippen LogP contribution in [-0.4, -0.2) is 74.9 Å². The van der Waals surface area contributed by atoms with Crippen LogP contribution in [0.2, 0.25) is 0 Å². The first-order valence-electron chi connectivity index (χ1n) is 13.8. The van der Waals surface area contributed by atoms with Crippen molar-refractivity contribution < 1.29 is 49.1 Å². The van der Waals surface area contributed by atoms with Crippen LogP contribution in [0.25, 0.3) is 0 Å². The van der Waals surface area contributed by atoms with Gasteiger partial charge in [-0.25, -0.2) is 4.79 Å². The largest absolute Gasteiger partial charge is 0.509 e. The van der Waals surface area contributed by atoms with E-state index in [2.05, 4.69) is 10.6 Å². The summed E-state index contributed by atoms with van der Waals surface area (Å²) in [7, 11) is 1.45. The van der Waals surface area contributed by atoms with Crippen LogP contribution in [0, 0.1) is 11.8 Å². The van der Waals surface area contributed by atoms with Gasteiger partial charge in [-0.15, -0.1) is 0 Å². The molecule has 0 unspecified atom stereocenters. The van der Waals surface area contributed by atoms with Gasteiger partial charge in [-0.2, -0.15) is 0 Å². The molecule has 226 valence electrons. The minimum Gasteiger partial charge on any atom is -0.509 e. The van der Waals surface area contributed by atoms with E-state index in [9.17, 15) is 39.6 Å². The van der Waals surface area contributed by atoms with E-state index in [1.807, 2.05) is 0 Å². The Morgan fingerprint density at radius 2 is 1.88 bits per heavy atom. The van der Waals surface area contributed by atoms with Crippen LogP contribution in [0.1, 0.15) is 67.6 Å². The number of ketones is 2. The summed E-state index contributed by atoms with van der Waals surface area (Å²) in [6.07, 6.45) is 0.544. The molecule has 2 amide bonds. The van der Waals surface area contributed by atoms with Crippen LogP contribution < -0.4 is 21.1 Å². The Hall–Kier alpha value is -4.10. The van der Waals surface area contributed by atoms with Crippen molar-refractivity contribution in [2.75, 3.05) is 13.7 Å². The topological polar surface area (TPSA) is 218 Å². The van der Waals surface area contributed by atoms with E-state index >= 15 is 0 Å². The molecule has 1 aliphatic heterocycles. The van der Waals surface area contributed by atoms with Crippen molar-refractivity contribution in [3.05, 3.63) is 45.4 Å². The molecule has 0 spiro atoms. The van der Waals surface area contributed by atoms with Crippen LogP contribution in [0.4, 0.5) is 4.79 Å². The molecular weight excluding hydrogens is 550 g/mol. The van der Waals surface area contributed by atoms with Gasteiger partial charge in [0.1, 0.15) is 34.2 Å². The zero-order valence-electron chi connectivity index (χ0n) is 23.7. The number of alkyl carbamates (subject to hydrolysis) is 1. The van der Waals surface area contributed by atoms with Crippen LogP contribution in [0.3, 0.4) is 0 Å². The van der Waals surface area contributed by atoms with Crippen molar-refractivity contribution in [2.24, 2.45) is 17.6 Å². The number of benzene rings is 1. The Labute approximate surface area is 241 Å². The number of amides is 2. The molecule has 3 aliphatic carbocycles. The first kappa shape index (κ1) is 29.4. The summed E-state index contributed by atoms with van der Waals surface area (Å²) in [6.45, 7) is 5.58. The average Bonchev–Trinajstić information content (AvgIpc) is 3.42. The molecule has 1 aromatic carbocycles. The molecule has 1 aromatic rings. The van der Waals surface area contributed by atoms with Gasteiger partial charge in [-0.05, 0) is 65.0 Å². The second kappa shape index (κ2) is 10.0. The summed E-state index contributed by atoms with van der Waals surface area (Å²) < 4.78 is 11.0. The van der Waals surface area contributed by atoms with Crippen LogP contribution in [-0.2, 0) is 20.7 Å². The number of Topliss-reactive ketones (excluding diaryl/α,β-unsaturated/α-hetero) is 2. The second-order valence-corrected chi connectivity index (χ2v) is 12.2. The van der Waals surface area contributed by atoms with Gasteiger partial charge in [0.2, 0.25) is 5.78 Å². The number of hydrogen-bond acceptors (Lipinski definition) is 11. The van der Waals surface area contributed by atoms with Crippen molar-refractivity contribution in [3.8, 4) is 11.5 Å². The van der Waals surface area contributed by atoms with Gasteiger partial charge in [0, 0.05) is 28.7 Å². The Balaban J connectivity index is 1.65. The lowest BCUT2D eigenvalue weighted by Crippen LogP contribution is -2.64. The first-order chi connectivity index (χ1) is 19.6. The van der Waals surface area contributed by atoms with Gasteiger partial charge in [-0.3, -0.25) is 14.4 Å². The quantitative estimate of drug-likeness (QED) is 0.251. The van der Waals surface area contributed by atoms with Gasteiger partial charge in [-0.1, -0.05) is 0 Å². The number of phenolic OH excluding ortho intramolecular Hbond substituents is 1. The number of methoxy groups -OCH3 is 1. The standard InChI is InChI=1S/C29H35N3O10/c1-28(2,3)42-27(39)32-20-14-9-11-8-13-18(16(33)10-12(23(13)41-4)15-6-5-7-31-15)21(34)17(11)24(36)29(14,40)25(37)19(22(20)35)26(30)38/h10-11,14-15,20,31,33,35-36,40H,5-9H2,1-4H3,(H2,30,38)(H,32,39)/t11-,14-,15-,20-,29-/m0/s1. The number of hydrogen-bond donors (Lipinski definition) is 7. The van der Waals surface area contributed by atoms with Gasteiger partial charge >= 0.3 is 6.09 Å². The number of nitrogens with one attached hydrogen (secondary N) is 2. The highest BCUT2D eigenvalue weighted by Gasteiger charge is 2.63. The summed E-state index contributed by atoms with van der Waals surface area (Å²) in [5.41, 5.74) is 1.10. The smallest absolute Gasteiger partial charge is 0.408 e. The third-order valence-electron chi connectivity index (χ3n) is 8.49. The van der Waals surface area contributed by atoms with Crippen molar-refractivity contribution in [1.82, 2.24) is 10.6 Å². The van der Waals surface area contributed by atoms with Crippen LogP contribution in [0.15, 0.2) is 28.7 Å². The molecule has 0 radical (unpaired) electrons. The Morgan fingerprint density at radius 3 is 2.45 bits per heavy atom. The summed E-state index contributed by atoms with van der Waals surface area (Å²) in [4.78, 5) is 52.4. The molecule has 8 N–H and O–H groups in total. The number of allylic oxidation sites excluding steroid dienone is 1. The number of carbonyl (C=O) groups excluding carboxylic acids is 4. The van der Waals surface area contributed by atoms with E-state index in [1.54, 1.807) is 20.8 Å². The maximum Gasteiger partial charge on any atom is 0.408 e. The number of rotatable bonds is 4. The summed E-state index contributed by atoms with van der Waals surface area (Å²) >= 11 is 0. The van der Waals surface area contributed by atoms with Crippen molar-refractivity contribution in [2.45, 2.75) is 69.7 Å². The summed E-state index contributed by atoms with van der Waals surface area (Å²) in [6, 6.07) is -0.259. The summed E-state index contributed by atoms with van der Waals surface area (Å²) in [5.74, 6) is -7.77. The molecular formula is C29H35N3O10. The van der Waals surface area contributed by atoms with E-state index in [-0.39, 0.29) is 35.8 Å². The van der Waals surface area contributed by atoms with E-state index < -0.39 is 69.7 Å². The Morgan fingerprint density at radius 1 is 1.19 bits per heavy atom. The van der Waals surface area contributed by atoms with E-state index in [4.69, 9.17) is 15.2 Å². The summed E-state index contributed by atoms with van der Waals surface area (Å²) in [5, 5.41) is 51.0. The highest BCUT2D eigenvalue weighted by atomic mass is 16.6. The molecule has 0 bridgehead atoms. The molecule has 1 heterocycles. The molecule has 5 atom stereocenters. The Bertz CT molecular complexity index is 1470. The fourth-order valence-electron chi connectivity index (χ4n) is 6.80. The fraction of sp³-hybridized carbons (Fsp3) is 0.517. The lowest BCUT2D eigenvalue weighted by molar-refractivity contribution is -0.146. The minimum absolute atomic E-state index is 0.0604. The maximum absolute atomic E-state index is 13.9. The number of aliphatic hydroxyl groups is 3. The number of ether oxygens (including phenoxy) is 2. The normalized spacial score (nSPS) is 29.1. The maximum atomic E-state index is 13.9. The zero-order valence-corrected chi connectivity index (χ0v) is 23.7. The molecule has 42 heavy (non-hydrogen) atoms. The number of aromatic hydroxyl groups is 1. The predicted octanol–water partition coefficient (Wildman–Crippen LogP) is 1.52. The highest BCUT2D eigenvalue weighted by molar-refractivity contribution is 6.25. The molecule has 1 saturated heterocycles. The molecule has 0 saturated carbocycles. The molecule has 4 aliphatic rings. The van der Waals surface area contributed by atoms with Gasteiger partial charge < -0.3 is 46.3 Å². The number of phenols is 1.